The van der Waals surface area contributed by atoms with Gasteiger partial charge in [-0.3, -0.25) is 4.79 Å². The molecule has 2 atom stereocenters. The van der Waals surface area contributed by atoms with Gasteiger partial charge in [0, 0.05) is 23.5 Å². The van der Waals surface area contributed by atoms with E-state index in [1.54, 1.807) is 11.3 Å². The first-order valence-electron chi connectivity index (χ1n) is 8.19. The lowest BCUT2D eigenvalue weighted by Gasteiger charge is -2.15. The van der Waals surface area contributed by atoms with Crippen molar-refractivity contribution < 1.29 is 9.53 Å². The van der Waals surface area contributed by atoms with E-state index in [0.29, 0.717) is 25.7 Å². The Morgan fingerprint density at radius 2 is 2.12 bits per heavy atom. The Kier molecular flexibility index (Phi) is 5.28. The van der Waals surface area contributed by atoms with Gasteiger partial charge in [-0.15, -0.1) is 11.3 Å². The highest BCUT2D eigenvalue weighted by Crippen LogP contribution is 2.26. The topological polar surface area (TPSA) is 77.2 Å². The van der Waals surface area contributed by atoms with Crippen molar-refractivity contribution in [2.45, 2.75) is 32.4 Å². The van der Waals surface area contributed by atoms with Gasteiger partial charge >= 0.3 is 0 Å². The summed E-state index contributed by atoms with van der Waals surface area (Å²) in [5.41, 5.74) is 8.83. The zero-order valence-corrected chi connectivity index (χ0v) is 14.8. The van der Waals surface area contributed by atoms with Crippen molar-refractivity contribution in [3.05, 3.63) is 40.9 Å². The van der Waals surface area contributed by atoms with Gasteiger partial charge in [-0.1, -0.05) is 38.1 Å². The van der Waals surface area contributed by atoms with E-state index in [9.17, 15) is 4.79 Å². The van der Waals surface area contributed by atoms with Crippen LogP contribution in [0.5, 0.6) is 0 Å². The van der Waals surface area contributed by atoms with Crippen LogP contribution < -0.4 is 11.1 Å². The molecule has 2 heterocycles. The number of rotatable bonds is 6. The first-order chi connectivity index (χ1) is 11.5. The Bertz CT molecular complexity index is 697. The van der Waals surface area contributed by atoms with Gasteiger partial charge in [0.05, 0.1) is 24.8 Å². The molecule has 1 aromatic carbocycles. The summed E-state index contributed by atoms with van der Waals surface area (Å²) in [6.07, 6.45) is 0. The number of hydrogen-bond donors (Lipinski definition) is 2. The molecule has 1 saturated heterocycles. The molecular formula is C18H23N3O2S. The van der Waals surface area contributed by atoms with Crippen LogP contribution in [0.2, 0.25) is 0 Å². The summed E-state index contributed by atoms with van der Waals surface area (Å²) in [4.78, 5) is 16.1. The molecule has 1 aliphatic rings. The summed E-state index contributed by atoms with van der Waals surface area (Å²) in [5.74, 6) is -0.0390. The Labute approximate surface area is 146 Å². The number of primary amides is 1. The maximum absolute atomic E-state index is 11.4. The van der Waals surface area contributed by atoms with Gasteiger partial charge in [0.1, 0.15) is 5.01 Å². The number of benzene rings is 1. The van der Waals surface area contributed by atoms with E-state index >= 15 is 0 Å². The van der Waals surface area contributed by atoms with Gasteiger partial charge in [0.15, 0.2) is 0 Å². The average Bonchev–Trinajstić information content (AvgIpc) is 3.22. The number of aromatic nitrogens is 1. The lowest BCUT2D eigenvalue weighted by molar-refractivity contribution is -0.122. The molecule has 1 amide bonds. The number of nitrogens with zero attached hydrogens (tertiary/aromatic N) is 1. The maximum atomic E-state index is 11.4. The van der Waals surface area contributed by atoms with E-state index in [2.05, 4.69) is 48.4 Å². The number of thiazole rings is 1. The Morgan fingerprint density at radius 3 is 2.79 bits per heavy atom. The molecule has 2 aromatic rings. The molecule has 0 bridgehead atoms. The normalized spacial score (nSPS) is 20.6. The SMILES string of the molecule is CC(C)c1ccc(-c2nc(CN[C@@H]3COC[C@@H]3C(N)=O)cs2)cc1. The largest absolute Gasteiger partial charge is 0.379 e. The lowest BCUT2D eigenvalue weighted by atomic mass is 10.0. The van der Waals surface area contributed by atoms with Crippen LogP contribution in [0, 0.1) is 5.92 Å². The quantitative estimate of drug-likeness (QED) is 0.843. The molecule has 5 nitrogen and oxygen atoms in total. The second-order valence-electron chi connectivity index (χ2n) is 6.45. The summed E-state index contributed by atoms with van der Waals surface area (Å²) in [5, 5.41) is 6.40. The van der Waals surface area contributed by atoms with E-state index in [4.69, 9.17) is 10.5 Å². The maximum Gasteiger partial charge on any atom is 0.224 e. The van der Waals surface area contributed by atoms with Crippen molar-refractivity contribution in [2.24, 2.45) is 11.7 Å². The monoisotopic (exact) mass is 345 g/mol. The molecule has 1 aromatic heterocycles. The van der Waals surface area contributed by atoms with Crippen LogP contribution in [-0.2, 0) is 16.1 Å². The molecule has 24 heavy (non-hydrogen) atoms. The highest BCUT2D eigenvalue weighted by Gasteiger charge is 2.32. The number of hydrogen-bond acceptors (Lipinski definition) is 5. The fraction of sp³-hybridized carbons (Fsp3) is 0.444. The van der Waals surface area contributed by atoms with Crippen molar-refractivity contribution in [1.82, 2.24) is 10.3 Å². The first-order valence-corrected chi connectivity index (χ1v) is 9.07. The minimum Gasteiger partial charge on any atom is -0.379 e. The van der Waals surface area contributed by atoms with Gasteiger partial charge in [-0.2, -0.15) is 0 Å². The van der Waals surface area contributed by atoms with Crippen LogP contribution in [0.4, 0.5) is 0 Å². The van der Waals surface area contributed by atoms with Crippen molar-refractivity contribution >= 4 is 17.2 Å². The molecular weight excluding hydrogens is 322 g/mol. The van der Waals surface area contributed by atoms with Crippen molar-refractivity contribution in [3.8, 4) is 10.6 Å². The zero-order valence-electron chi connectivity index (χ0n) is 14.0. The minimum absolute atomic E-state index is 0.0297. The Balaban J connectivity index is 1.62. The third kappa shape index (κ3) is 3.83. The van der Waals surface area contributed by atoms with Gasteiger partial charge in [0.25, 0.3) is 0 Å². The fourth-order valence-corrected chi connectivity index (χ4v) is 3.63. The van der Waals surface area contributed by atoms with Gasteiger partial charge in [0.2, 0.25) is 5.91 Å². The number of ether oxygens (including phenoxy) is 1. The molecule has 0 spiro atoms. The predicted molar refractivity (Wildman–Crippen MR) is 95.8 cm³/mol. The third-order valence-corrected chi connectivity index (χ3v) is 5.31. The van der Waals surface area contributed by atoms with Crippen molar-refractivity contribution in [1.29, 1.82) is 0 Å². The second-order valence-corrected chi connectivity index (χ2v) is 7.31. The van der Waals surface area contributed by atoms with E-state index < -0.39 is 0 Å². The lowest BCUT2D eigenvalue weighted by Crippen LogP contribution is -2.41. The molecule has 3 N–H and O–H groups in total. The first kappa shape index (κ1) is 17.1. The molecule has 0 aliphatic carbocycles. The number of nitrogens with two attached hydrogens (primary N) is 1. The van der Waals surface area contributed by atoms with E-state index in [-0.39, 0.29) is 17.9 Å². The summed E-state index contributed by atoms with van der Waals surface area (Å²) >= 11 is 1.63. The van der Waals surface area contributed by atoms with Crippen LogP contribution in [0.15, 0.2) is 29.6 Å². The summed E-state index contributed by atoms with van der Waals surface area (Å²) in [6, 6.07) is 8.54. The minimum atomic E-state index is -0.311. The molecule has 6 heteroatoms. The molecule has 0 saturated carbocycles. The van der Waals surface area contributed by atoms with Crippen LogP contribution in [0.1, 0.15) is 31.0 Å². The highest BCUT2D eigenvalue weighted by molar-refractivity contribution is 7.13. The average molecular weight is 345 g/mol. The predicted octanol–water partition coefficient (Wildman–Crippen LogP) is 2.52. The summed E-state index contributed by atoms with van der Waals surface area (Å²) in [7, 11) is 0. The molecule has 1 aliphatic heterocycles. The number of carbonyl (C=O) groups excluding carboxylic acids is 1. The molecule has 3 rings (SSSR count). The number of amides is 1. The summed E-state index contributed by atoms with van der Waals surface area (Å²) < 4.78 is 5.34. The standard InChI is InChI=1S/C18H23N3O2S/c1-11(2)12-3-5-13(6-4-12)18-21-14(10-24-18)7-20-16-9-23-8-15(16)17(19)22/h3-6,10-11,15-16,20H,7-9H2,1-2H3,(H2,19,22)/t15-,16+/m0/s1. The number of nitrogens with one attached hydrogen (secondary N) is 1. The number of carbonyl (C=O) groups is 1. The molecule has 1 fully saturated rings. The van der Waals surface area contributed by atoms with Gasteiger partial charge < -0.3 is 15.8 Å². The van der Waals surface area contributed by atoms with Crippen molar-refractivity contribution in [2.75, 3.05) is 13.2 Å². The Morgan fingerprint density at radius 1 is 1.38 bits per heavy atom. The van der Waals surface area contributed by atoms with Crippen LogP contribution in [0.25, 0.3) is 10.6 Å². The van der Waals surface area contributed by atoms with E-state index in [0.717, 1.165) is 16.3 Å². The third-order valence-electron chi connectivity index (χ3n) is 4.37. The fourth-order valence-electron chi connectivity index (χ4n) is 2.80. The van der Waals surface area contributed by atoms with Crippen molar-refractivity contribution in [3.63, 3.8) is 0 Å². The second kappa shape index (κ2) is 7.42. The molecule has 0 radical (unpaired) electrons. The zero-order chi connectivity index (χ0) is 17.1. The molecule has 0 unspecified atom stereocenters. The van der Waals surface area contributed by atoms with Crippen LogP contribution in [0.3, 0.4) is 0 Å². The van der Waals surface area contributed by atoms with Crippen LogP contribution >= 0.6 is 11.3 Å². The van der Waals surface area contributed by atoms with Crippen LogP contribution in [-0.4, -0.2) is 30.1 Å². The highest BCUT2D eigenvalue weighted by atomic mass is 32.1. The van der Waals surface area contributed by atoms with E-state index in [1.807, 2.05) is 5.38 Å². The Hall–Kier alpha value is -1.76. The van der Waals surface area contributed by atoms with E-state index in [1.165, 1.54) is 5.56 Å². The smallest absolute Gasteiger partial charge is 0.224 e. The molecule has 128 valence electrons. The van der Waals surface area contributed by atoms with Gasteiger partial charge in [-0.25, -0.2) is 4.98 Å². The summed E-state index contributed by atoms with van der Waals surface area (Å²) in [6.45, 7) is 5.90. The van der Waals surface area contributed by atoms with Gasteiger partial charge in [-0.05, 0) is 11.5 Å².